The second-order valence-corrected chi connectivity index (χ2v) is 5.84. The van der Waals surface area contributed by atoms with Gasteiger partial charge < -0.3 is 9.64 Å². The maximum Gasteiger partial charge on any atom is 0.272 e. The largest absolute Gasteiger partial charge is 0.472 e. The van der Waals surface area contributed by atoms with Crippen LogP contribution in [0, 0.1) is 0 Å². The second kappa shape index (κ2) is 6.28. The lowest BCUT2D eigenvalue weighted by Gasteiger charge is -2.16. The minimum Gasteiger partial charge on any atom is -0.472 e. The van der Waals surface area contributed by atoms with Gasteiger partial charge in [-0.1, -0.05) is 24.3 Å². The van der Waals surface area contributed by atoms with E-state index in [0.29, 0.717) is 24.7 Å². The van der Waals surface area contributed by atoms with Crippen LogP contribution >= 0.6 is 0 Å². The average Bonchev–Trinajstić information content (AvgIpc) is 3.10. The Hall–Kier alpha value is -2.95. The molecule has 0 spiro atoms. The summed E-state index contributed by atoms with van der Waals surface area (Å²) in [6.45, 7) is 1.23. The summed E-state index contributed by atoms with van der Waals surface area (Å²) in [5, 5.41) is 1.09. The van der Waals surface area contributed by atoms with Crippen molar-refractivity contribution in [1.29, 1.82) is 0 Å². The highest BCUT2D eigenvalue weighted by atomic mass is 16.5. The highest BCUT2D eigenvalue weighted by Gasteiger charge is 2.29. The topological polar surface area (TPSA) is 55.3 Å². The van der Waals surface area contributed by atoms with Crippen LogP contribution in [-0.2, 0) is 0 Å². The number of hydrogen-bond acceptors (Lipinski definition) is 4. The van der Waals surface area contributed by atoms with Crippen molar-refractivity contribution < 1.29 is 9.53 Å². The summed E-state index contributed by atoms with van der Waals surface area (Å²) in [7, 11) is 0. The summed E-state index contributed by atoms with van der Waals surface area (Å²) in [6.07, 6.45) is 2.40. The van der Waals surface area contributed by atoms with Crippen LogP contribution in [0.25, 0.3) is 10.9 Å². The summed E-state index contributed by atoms with van der Waals surface area (Å²) < 4.78 is 5.97. The van der Waals surface area contributed by atoms with Gasteiger partial charge in [0.1, 0.15) is 11.8 Å². The molecule has 1 fully saturated rings. The van der Waals surface area contributed by atoms with E-state index in [1.54, 1.807) is 23.2 Å². The van der Waals surface area contributed by atoms with Gasteiger partial charge in [0.15, 0.2) is 0 Å². The lowest BCUT2D eigenvalue weighted by molar-refractivity contribution is 0.0765. The summed E-state index contributed by atoms with van der Waals surface area (Å²) in [5.74, 6) is 0.555. The second-order valence-electron chi connectivity index (χ2n) is 5.84. The Balaban J connectivity index is 1.44. The van der Waals surface area contributed by atoms with E-state index in [1.807, 2.05) is 42.5 Å². The van der Waals surface area contributed by atoms with Crippen molar-refractivity contribution in [2.75, 3.05) is 13.1 Å². The average molecular weight is 319 g/mol. The molecule has 5 heteroatoms. The Morgan fingerprint density at radius 2 is 1.96 bits per heavy atom. The van der Waals surface area contributed by atoms with Gasteiger partial charge in [-0.15, -0.1) is 0 Å². The molecular formula is C19H17N3O2. The zero-order chi connectivity index (χ0) is 16.4. The number of nitrogens with zero attached hydrogens (tertiary/aromatic N) is 3. The number of aromatic nitrogens is 2. The number of carbonyl (C=O) groups excluding carboxylic acids is 1. The molecule has 3 heterocycles. The Morgan fingerprint density at radius 1 is 1.08 bits per heavy atom. The van der Waals surface area contributed by atoms with Crippen LogP contribution in [0.5, 0.6) is 5.88 Å². The molecule has 0 bridgehead atoms. The molecule has 0 saturated carbocycles. The molecule has 2 aromatic heterocycles. The van der Waals surface area contributed by atoms with Gasteiger partial charge in [-0.25, -0.2) is 4.98 Å². The Morgan fingerprint density at radius 3 is 2.83 bits per heavy atom. The summed E-state index contributed by atoms with van der Waals surface area (Å²) in [6, 6.07) is 17.2. The van der Waals surface area contributed by atoms with Crippen molar-refractivity contribution in [2.24, 2.45) is 0 Å². The molecule has 3 aromatic rings. The molecule has 1 aromatic carbocycles. The lowest BCUT2D eigenvalue weighted by Crippen LogP contribution is -2.31. The van der Waals surface area contributed by atoms with Crippen LogP contribution in [0.2, 0.25) is 0 Å². The number of para-hydroxylation sites is 1. The van der Waals surface area contributed by atoms with E-state index >= 15 is 0 Å². The quantitative estimate of drug-likeness (QED) is 0.745. The van der Waals surface area contributed by atoms with Crippen LogP contribution in [0.4, 0.5) is 0 Å². The standard InChI is InChI=1S/C19H17N3O2/c23-19(17-7-3-4-11-20-17)22-12-10-15(13-22)24-18-9-8-14-5-1-2-6-16(14)21-18/h1-9,11,15H,10,12-13H2/t15-/m0/s1. The van der Waals surface area contributed by atoms with Crippen molar-refractivity contribution >= 4 is 16.8 Å². The number of carbonyl (C=O) groups is 1. The number of hydrogen-bond donors (Lipinski definition) is 0. The van der Waals surface area contributed by atoms with E-state index in [1.165, 1.54) is 0 Å². The van der Waals surface area contributed by atoms with Gasteiger partial charge >= 0.3 is 0 Å². The SMILES string of the molecule is O=C(c1ccccn1)N1CC[C@H](Oc2ccc3ccccc3n2)C1. The highest BCUT2D eigenvalue weighted by Crippen LogP contribution is 2.21. The van der Waals surface area contributed by atoms with E-state index < -0.39 is 0 Å². The first-order valence-corrected chi connectivity index (χ1v) is 8.02. The Bertz CT molecular complexity index is 867. The van der Waals surface area contributed by atoms with Crippen LogP contribution in [0.1, 0.15) is 16.9 Å². The molecule has 120 valence electrons. The van der Waals surface area contributed by atoms with Gasteiger partial charge in [0, 0.05) is 30.6 Å². The zero-order valence-corrected chi connectivity index (χ0v) is 13.1. The first-order chi connectivity index (χ1) is 11.8. The van der Waals surface area contributed by atoms with Crippen LogP contribution in [-0.4, -0.2) is 40.0 Å². The monoisotopic (exact) mass is 319 g/mol. The highest BCUT2D eigenvalue weighted by molar-refractivity contribution is 5.92. The molecule has 0 aliphatic carbocycles. The van der Waals surface area contributed by atoms with Gasteiger partial charge in [-0.05, 0) is 24.3 Å². The third-order valence-electron chi connectivity index (χ3n) is 4.18. The number of benzene rings is 1. The predicted molar refractivity (Wildman–Crippen MR) is 90.9 cm³/mol. The molecule has 1 atom stereocenters. The minimum atomic E-state index is -0.0480. The fourth-order valence-corrected chi connectivity index (χ4v) is 2.94. The van der Waals surface area contributed by atoms with Gasteiger partial charge in [-0.2, -0.15) is 0 Å². The summed E-state index contributed by atoms with van der Waals surface area (Å²) in [4.78, 5) is 22.8. The van der Waals surface area contributed by atoms with Gasteiger partial charge in [0.25, 0.3) is 5.91 Å². The van der Waals surface area contributed by atoms with Gasteiger partial charge in [0.05, 0.1) is 12.1 Å². The fraction of sp³-hybridized carbons (Fsp3) is 0.211. The van der Waals surface area contributed by atoms with E-state index in [2.05, 4.69) is 9.97 Å². The number of ether oxygens (including phenoxy) is 1. The number of likely N-dealkylation sites (tertiary alicyclic amines) is 1. The van der Waals surface area contributed by atoms with Gasteiger partial charge in [-0.3, -0.25) is 9.78 Å². The number of amides is 1. The smallest absolute Gasteiger partial charge is 0.272 e. The van der Waals surface area contributed by atoms with Crippen LogP contribution in [0.15, 0.2) is 60.8 Å². The molecule has 0 unspecified atom stereocenters. The molecule has 1 saturated heterocycles. The molecular weight excluding hydrogens is 302 g/mol. The summed E-state index contributed by atoms with van der Waals surface area (Å²) in [5.41, 5.74) is 1.39. The third-order valence-corrected chi connectivity index (χ3v) is 4.18. The van der Waals surface area contributed by atoms with E-state index in [0.717, 1.165) is 17.3 Å². The molecule has 24 heavy (non-hydrogen) atoms. The Kier molecular flexibility index (Phi) is 3.83. The molecule has 1 aliphatic rings. The van der Waals surface area contributed by atoms with E-state index in [4.69, 9.17) is 4.74 Å². The van der Waals surface area contributed by atoms with Crippen LogP contribution < -0.4 is 4.74 Å². The van der Waals surface area contributed by atoms with E-state index in [-0.39, 0.29) is 12.0 Å². The van der Waals surface area contributed by atoms with Crippen molar-refractivity contribution in [3.63, 3.8) is 0 Å². The third kappa shape index (κ3) is 2.93. The van der Waals surface area contributed by atoms with Crippen molar-refractivity contribution in [2.45, 2.75) is 12.5 Å². The summed E-state index contributed by atoms with van der Waals surface area (Å²) >= 11 is 0. The normalized spacial score (nSPS) is 17.2. The molecule has 1 amide bonds. The maximum atomic E-state index is 12.4. The lowest BCUT2D eigenvalue weighted by atomic mass is 10.2. The molecule has 1 aliphatic heterocycles. The molecule has 5 nitrogen and oxygen atoms in total. The first-order valence-electron chi connectivity index (χ1n) is 8.02. The number of fused-ring (bicyclic) bond motifs is 1. The van der Waals surface area contributed by atoms with Gasteiger partial charge in [0.2, 0.25) is 5.88 Å². The maximum absolute atomic E-state index is 12.4. The minimum absolute atomic E-state index is 0.0358. The molecule has 4 rings (SSSR count). The Labute approximate surface area is 139 Å². The number of pyridine rings is 2. The molecule has 0 N–H and O–H groups in total. The molecule has 0 radical (unpaired) electrons. The van der Waals surface area contributed by atoms with Crippen molar-refractivity contribution in [3.8, 4) is 5.88 Å². The van der Waals surface area contributed by atoms with Crippen molar-refractivity contribution in [1.82, 2.24) is 14.9 Å². The zero-order valence-electron chi connectivity index (χ0n) is 13.1. The van der Waals surface area contributed by atoms with E-state index in [9.17, 15) is 4.79 Å². The fourth-order valence-electron chi connectivity index (χ4n) is 2.94. The van der Waals surface area contributed by atoms with Crippen molar-refractivity contribution in [3.05, 3.63) is 66.5 Å². The van der Waals surface area contributed by atoms with Crippen LogP contribution in [0.3, 0.4) is 0 Å². The number of rotatable bonds is 3. The predicted octanol–water partition coefficient (Wildman–Crippen LogP) is 2.92. The first kappa shape index (κ1) is 14.6.